The van der Waals surface area contributed by atoms with Crippen molar-refractivity contribution in [2.75, 3.05) is 6.61 Å². The highest BCUT2D eigenvalue weighted by Crippen LogP contribution is 2.30. The van der Waals surface area contributed by atoms with Gasteiger partial charge in [-0.2, -0.15) is 0 Å². The zero-order valence-corrected chi connectivity index (χ0v) is 7.41. The second-order valence-corrected chi connectivity index (χ2v) is 2.92. The molecule has 0 radical (unpaired) electrons. The first-order valence-electron chi connectivity index (χ1n) is 3.88. The van der Waals surface area contributed by atoms with Gasteiger partial charge in [0.1, 0.15) is 11.5 Å². The molecule has 0 saturated heterocycles. The highest BCUT2D eigenvalue weighted by atomic mass is 16.3. The van der Waals surface area contributed by atoms with E-state index in [-0.39, 0.29) is 18.1 Å². The summed E-state index contributed by atoms with van der Waals surface area (Å²) < 4.78 is 0. The topological polar surface area (TPSA) is 60.7 Å². The van der Waals surface area contributed by atoms with Crippen molar-refractivity contribution in [2.24, 2.45) is 0 Å². The lowest BCUT2D eigenvalue weighted by molar-refractivity contribution is 0.349. The van der Waals surface area contributed by atoms with Gasteiger partial charge in [0.05, 0.1) is 6.61 Å². The molecule has 13 heavy (non-hydrogen) atoms. The normalized spacial score (nSPS) is 10.0. The third-order valence-electron chi connectivity index (χ3n) is 1.89. The van der Waals surface area contributed by atoms with Gasteiger partial charge in [0.25, 0.3) is 0 Å². The molecule has 0 atom stereocenters. The molecule has 0 aromatic heterocycles. The summed E-state index contributed by atoms with van der Waals surface area (Å²) in [5, 5.41) is 27.5. The number of hydrogen-bond donors (Lipinski definition) is 3. The molecular formula is C10H12O3. The molecule has 0 aliphatic rings. The van der Waals surface area contributed by atoms with Crippen molar-refractivity contribution in [3.05, 3.63) is 29.8 Å². The Kier molecular flexibility index (Phi) is 2.58. The van der Waals surface area contributed by atoms with Crippen LogP contribution in [0.1, 0.15) is 11.1 Å². The van der Waals surface area contributed by atoms with Gasteiger partial charge in [0, 0.05) is 5.56 Å². The maximum Gasteiger partial charge on any atom is 0.123 e. The minimum absolute atomic E-state index is 0.0225. The molecule has 70 valence electrons. The number of phenolic OH excluding ortho intramolecular Hbond substituents is 2. The summed E-state index contributed by atoms with van der Waals surface area (Å²) in [5.74, 6) is 0.108. The van der Waals surface area contributed by atoms with Crippen LogP contribution in [0, 0.1) is 6.92 Å². The van der Waals surface area contributed by atoms with Gasteiger partial charge in [-0.3, -0.25) is 0 Å². The van der Waals surface area contributed by atoms with Crippen molar-refractivity contribution in [3.8, 4) is 11.5 Å². The van der Waals surface area contributed by atoms with Crippen molar-refractivity contribution < 1.29 is 15.3 Å². The predicted molar refractivity (Wildman–Crippen MR) is 50.6 cm³/mol. The van der Waals surface area contributed by atoms with Crippen molar-refractivity contribution in [1.82, 2.24) is 0 Å². The number of rotatable bonds is 2. The fourth-order valence-electron chi connectivity index (χ4n) is 1.05. The first-order valence-corrected chi connectivity index (χ1v) is 3.88. The summed E-state index contributed by atoms with van der Waals surface area (Å²) >= 11 is 0. The number of hydrogen-bond acceptors (Lipinski definition) is 3. The van der Waals surface area contributed by atoms with Crippen LogP contribution >= 0.6 is 0 Å². The van der Waals surface area contributed by atoms with Gasteiger partial charge in [-0.25, -0.2) is 0 Å². The maximum atomic E-state index is 9.43. The SMILES string of the molecule is C=C(CO)c1cc(O)c(C)cc1O. The van der Waals surface area contributed by atoms with Crippen molar-refractivity contribution in [2.45, 2.75) is 6.92 Å². The molecule has 3 nitrogen and oxygen atoms in total. The first-order chi connectivity index (χ1) is 6.06. The van der Waals surface area contributed by atoms with Crippen LogP contribution in [0.5, 0.6) is 11.5 Å². The average Bonchev–Trinajstić information content (AvgIpc) is 2.10. The predicted octanol–water partition coefficient (Wildman–Crippen LogP) is 1.41. The van der Waals surface area contributed by atoms with Crippen molar-refractivity contribution in [1.29, 1.82) is 0 Å². The minimum atomic E-state index is -0.240. The van der Waals surface area contributed by atoms with E-state index in [1.807, 2.05) is 0 Å². The average molecular weight is 180 g/mol. The first kappa shape index (κ1) is 9.61. The lowest BCUT2D eigenvalue weighted by Crippen LogP contribution is -1.90. The standard InChI is InChI=1S/C10H12O3/c1-6-3-10(13)8(4-9(6)12)7(2)5-11/h3-4,11-13H,2,5H2,1H3. The number of aliphatic hydroxyl groups is 1. The zero-order chi connectivity index (χ0) is 10.0. The van der Waals surface area contributed by atoms with Gasteiger partial charge in [0.2, 0.25) is 0 Å². The summed E-state index contributed by atoms with van der Waals surface area (Å²) in [7, 11) is 0. The van der Waals surface area contributed by atoms with E-state index in [0.29, 0.717) is 16.7 Å². The highest BCUT2D eigenvalue weighted by molar-refractivity contribution is 5.71. The van der Waals surface area contributed by atoms with Gasteiger partial charge in [-0.05, 0) is 30.2 Å². The molecule has 0 unspecified atom stereocenters. The Labute approximate surface area is 76.6 Å². The van der Waals surface area contributed by atoms with E-state index in [2.05, 4.69) is 6.58 Å². The third-order valence-corrected chi connectivity index (χ3v) is 1.89. The minimum Gasteiger partial charge on any atom is -0.508 e. The molecule has 3 N–H and O–H groups in total. The molecule has 0 bridgehead atoms. The van der Waals surface area contributed by atoms with Crippen LogP contribution in [0.3, 0.4) is 0 Å². The molecular weight excluding hydrogens is 168 g/mol. The lowest BCUT2D eigenvalue weighted by Gasteiger charge is -2.07. The van der Waals surface area contributed by atoms with Crippen molar-refractivity contribution in [3.63, 3.8) is 0 Å². The molecule has 0 amide bonds. The lowest BCUT2D eigenvalue weighted by atomic mass is 10.0. The molecule has 3 heteroatoms. The molecule has 0 heterocycles. The molecule has 0 saturated carbocycles. The van der Waals surface area contributed by atoms with Crippen LogP contribution < -0.4 is 0 Å². The number of phenols is 2. The fraction of sp³-hybridized carbons (Fsp3) is 0.200. The molecule has 0 aliphatic heterocycles. The van der Waals surface area contributed by atoms with E-state index < -0.39 is 0 Å². The Morgan fingerprint density at radius 3 is 2.46 bits per heavy atom. The molecule has 0 fully saturated rings. The Morgan fingerprint density at radius 2 is 1.92 bits per heavy atom. The molecule has 1 aromatic carbocycles. The van der Waals surface area contributed by atoms with Crippen LogP contribution in [0.25, 0.3) is 5.57 Å². The quantitative estimate of drug-likeness (QED) is 0.603. The van der Waals surface area contributed by atoms with Crippen LogP contribution in [0.4, 0.5) is 0 Å². The van der Waals surface area contributed by atoms with Gasteiger partial charge in [-0.15, -0.1) is 0 Å². The molecule has 1 aromatic rings. The number of aliphatic hydroxyl groups excluding tert-OH is 1. The molecule has 0 aliphatic carbocycles. The van der Waals surface area contributed by atoms with E-state index in [1.54, 1.807) is 6.92 Å². The summed E-state index contributed by atoms with van der Waals surface area (Å²) in [6.45, 7) is 5.00. The summed E-state index contributed by atoms with van der Waals surface area (Å²) in [4.78, 5) is 0. The Bertz CT molecular complexity index is 342. The summed E-state index contributed by atoms with van der Waals surface area (Å²) in [5.41, 5.74) is 1.35. The zero-order valence-electron chi connectivity index (χ0n) is 7.41. The Morgan fingerprint density at radius 1 is 1.31 bits per heavy atom. The van der Waals surface area contributed by atoms with E-state index in [4.69, 9.17) is 5.11 Å². The number of aromatic hydroxyl groups is 2. The third kappa shape index (κ3) is 1.81. The van der Waals surface area contributed by atoms with Crippen LogP contribution in [-0.4, -0.2) is 21.9 Å². The van der Waals surface area contributed by atoms with Crippen LogP contribution in [0.2, 0.25) is 0 Å². The Balaban J connectivity index is 3.23. The van der Waals surface area contributed by atoms with E-state index in [0.717, 1.165) is 0 Å². The van der Waals surface area contributed by atoms with Crippen LogP contribution in [0.15, 0.2) is 18.7 Å². The Hall–Kier alpha value is -1.48. The van der Waals surface area contributed by atoms with E-state index in [9.17, 15) is 10.2 Å². The summed E-state index contributed by atoms with van der Waals surface area (Å²) in [6, 6.07) is 2.83. The monoisotopic (exact) mass is 180 g/mol. The molecule has 1 rings (SSSR count). The second kappa shape index (κ2) is 3.49. The van der Waals surface area contributed by atoms with E-state index in [1.165, 1.54) is 12.1 Å². The summed E-state index contributed by atoms with van der Waals surface area (Å²) in [6.07, 6.45) is 0. The fourth-order valence-corrected chi connectivity index (χ4v) is 1.05. The van der Waals surface area contributed by atoms with Gasteiger partial charge in [0.15, 0.2) is 0 Å². The largest absolute Gasteiger partial charge is 0.508 e. The van der Waals surface area contributed by atoms with Gasteiger partial charge >= 0.3 is 0 Å². The number of aryl methyl sites for hydroxylation is 1. The van der Waals surface area contributed by atoms with Gasteiger partial charge in [-0.1, -0.05) is 6.58 Å². The van der Waals surface area contributed by atoms with Crippen LogP contribution in [-0.2, 0) is 0 Å². The maximum absolute atomic E-state index is 9.43. The molecule has 0 spiro atoms. The smallest absolute Gasteiger partial charge is 0.123 e. The van der Waals surface area contributed by atoms with E-state index >= 15 is 0 Å². The van der Waals surface area contributed by atoms with Crippen molar-refractivity contribution >= 4 is 5.57 Å². The van der Waals surface area contributed by atoms with Gasteiger partial charge < -0.3 is 15.3 Å². The number of benzene rings is 1. The highest BCUT2D eigenvalue weighted by Gasteiger charge is 2.07. The second-order valence-electron chi connectivity index (χ2n) is 2.92.